The number of aromatic hydroxyl groups is 1. The number of halogens is 2. The Bertz CT molecular complexity index is 753. The van der Waals surface area contributed by atoms with Crippen molar-refractivity contribution < 1.29 is 14.6 Å². The lowest BCUT2D eigenvalue weighted by Gasteiger charge is -2.13. The molecule has 2 aromatic rings. The van der Waals surface area contributed by atoms with Crippen molar-refractivity contribution in [3.63, 3.8) is 0 Å². The lowest BCUT2D eigenvalue weighted by Crippen LogP contribution is -2.23. The molecular formula is C19H21Cl2NO3S. The molecule has 1 atom stereocenters. The molecule has 1 amide bonds. The number of thioether (sulfide) groups is 1. The van der Waals surface area contributed by atoms with Crippen LogP contribution in [0.3, 0.4) is 0 Å². The Kier molecular flexibility index (Phi) is 7.94. The molecule has 0 fully saturated rings. The van der Waals surface area contributed by atoms with Gasteiger partial charge >= 0.3 is 0 Å². The second-order valence-electron chi connectivity index (χ2n) is 5.82. The minimum absolute atomic E-state index is 0.0405. The number of carbonyl (C=O) groups is 1. The molecule has 2 N–H and O–H groups in total. The first kappa shape index (κ1) is 20.7. The SMILES string of the molecule is COc1c(Cl)cc(Cl)cc1CNC(=O)CCC(C)Sc1ccc(O)cc1. The predicted molar refractivity (Wildman–Crippen MR) is 108 cm³/mol. The first-order chi connectivity index (χ1) is 12.4. The summed E-state index contributed by atoms with van der Waals surface area (Å²) in [4.78, 5) is 13.2. The van der Waals surface area contributed by atoms with Gasteiger partial charge in [0.2, 0.25) is 5.91 Å². The molecular weight excluding hydrogens is 393 g/mol. The van der Waals surface area contributed by atoms with Crippen LogP contribution in [-0.4, -0.2) is 23.4 Å². The van der Waals surface area contributed by atoms with Gasteiger partial charge in [0.1, 0.15) is 11.5 Å². The van der Waals surface area contributed by atoms with Crippen LogP contribution in [0.2, 0.25) is 10.0 Å². The summed E-state index contributed by atoms with van der Waals surface area (Å²) in [6, 6.07) is 10.4. The fraction of sp³-hybridized carbons (Fsp3) is 0.316. The van der Waals surface area contributed by atoms with Gasteiger partial charge in [0.05, 0.1) is 12.1 Å². The molecule has 0 aromatic heterocycles. The highest BCUT2D eigenvalue weighted by Gasteiger charge is 2.12. The summed E-state index contributed by atoms with van der Waals surface area (Å²) in [5.74, 6) is 0.729. The molecule has 2 rings (SSSR count). The zero-order valence-electron chi connectivity index (χ0n) is 14.6. The van der Waals surface area contributed by atoms with Crippen LogP contribution in [0.15, 0.2) is 41.3 Å². The van der Waals surface area contributed by atoms with Crippen LogP contribution >= 0.6 is 35.0 Å². The zero-order chi connectivity index (χ0) is 19.1. The molecule has 2 aromatic carbocycles. The summed E-state index contributed by atoms with van der Waals surface area (Å²) >= 11 is 13.8. The van der Waals surface area contributed by atoms with E-state index in [1.165, 1.54) is 7.11 Å². The summed E-state index contributed by atoms with van der Waals surface area (Å²) in [7, 11) is 1.53. The van der Waals surface area contributed by atoms with Crippen LogP contribution < -0.4 is 10.1 Å². The lowest BCUT2D eigenvalue weighted by atomic mass is 10.2. The molecule has 26 heavy (non-hydrogen) atoms. The van der Waals surface area contributed by atoms with Crippen LogP contribution in [0.4, 0.5) is 0 Å². The minimum atomic E-state index is -0.0405. The average molecular weight is 414 g/mol. The summed E-state index contributed by atoms with van der Waals surface area (Å²) < 4.78 is 5.27. The monoisotopic (exact) mass is 413 g/mol. The highest BCUT2D eigenvalue weighted by atomic mass is 35.5. The number of hydrogen-bond donors (Lipinski definition) is 2. The Morgan fingerprint density at radius 3 is 2.62 bits per heavy atom. The van der Waals surface area contributed by atoms with Gasteiger partial charge in [0.15, 0.2) is 0 Å². The maximum atomic E-state index is 12.1. The number of carbonyl (C=O) groups excluding carboxylic acids is 1. The molecule has 0 saturated heterocycles. The molecule has 4 nitrogen and oxygen atoms in total. The van der Waals surface area contributed by atoms with Gasteiger partial charge in [-0.2, -0.15) is 0 Å². The van der Waals surface area contributed by atoms with E-state index in [1.54, 1.807) is 36.0 Å². The molecule has 0 aliphatic carbocycles. The van der Waals surface area contributed by atoms with Crippen molar-refractivity contribution in [3.8, 4) is 11.5 Å². The molecule has 0 aliphatic rings. The molecule has 0 radical (unpaired) electrons. The third kappa shape index (κ3) is 6.31. The molecule has 140 valence electrons. The van der Waals surface area contributed by atoms with Crippen LogP contribution in [0.5, 0.6) is 11.5 Å². The normalized spacial score (nSPS) is 11.8. The number of hydrogen-bond acceptors (Lipinski definition) is 4. The van der Waals surface area contributed by atoms with E-state index in [0.717, 1.165) is 16.9 Å². The Hall–Kier alpha value is -1.56. The lowest BCUT2D eigenvalue weighted by molar-refractivity contribution is -0.121. The Balaban J connectivity index is 1.81. The second-order valence-corrected chi connectivity index (χ2v) is 8.17. The first-order valence-corrected chi connectivity index (χ1v) is 9.77. The smallest absolute Gasteiger partial charge is 0.220 e. The number of amides is 1. The van der Waals surface area contributed by atoms with Crippen LogP contribution in [0.25, 0.3) is 0 Å². The van der Waals surface area contributed by atoms with Crippen molar-refractivity contribution in [3.05, 3.63) is 52.0 Å². The average Bonchev–Trinajstić information content (AvgIpc) is 2.59. The van der Waals surface area contributed by atoms with Gasteiger partial charge in [-0.3, -0.25) is 4.79 Å². The maximum Gasteiger partial charge on any atom is 0.220 e. The second kappa shape index (κ2) is 9.95. The van der Waals surface area contributed by atoms with Crippen molar-refractivity contribution >= 4 is 40.9 Å². The predicted octanol–water partition coefficient (Wildman–Crippen LogP) is 5.28. The zero-order valence-corrected chi connectivity index (χ0v) is 16.9. The van der Waals surface area contributed by atoms with E-state index in [0.29, 0.717) is 28.8 Å². The molecule has 0 saturated carbocycles. The van der Waals surface area contributed by atoms with Crippen molar-refractivity contribution in [1.82, 2.24) is 5.32 Å². The van der Waals surface area contributed by atoms with Gasteiger partial charge in [0, 0.05) is 33.7 Å². The Morgan fingerprint density at radius 1 is 1.27 bits per heavy atom. The fourth-order valence-electron chi connectivity index (χ4n) is 2.41. The number of benzene rings is 2. The summed E-state index contributed by atoms with van der Waals surface area (Å²) in [5, 5.41) is 13.4. The van der Waals surface area contributed by atoms with E-state index in [1.807, 2.05) is 12.1 Å². The first-order valence-electron chi connectivity index (χ1n) is 8.13. The Labute approximate surface area is 167 Å². The summed E-state index contributed by atoms with van der Waals surface area (Å²) in [6.45, 7) is 2.38. The van der Waals surface area contributed by atoms with Crippen molar-refractivity contribution in [2.45, 2.75) is 36.5 Å². The number of rotatable bonds is 8. The van der Waals surface area contributed by atoms with Gasteiger partial charge in [0.25, 0.3) is 0 Å². The van der Waals surface area contributed by atoms with Crippen LogP contribution in [0, 0.1) is 0 Å². The van der Waals surface area contributed by atoms with Gasteiger partial charge in [-0.05, 0) is 42.8 Å². The highest BCUT2D eigenvalue weighted by molar-refractivity contribution is 7.99. The third-order valence-corrected chi connectivity index (χ3v) is 5.40. The topological polar surface area (TPSA) is 58.6 Å². The number of methoxy groups -OCH3 is 1. The number of ether oxygens (including phenoxy) is 1. The highest BCUT2D eigenvalue weighted by Crippen LogP contribution is 2.32. The van der Waals surface area contributed by atoms with E-state index < -0.39 is 0 Å². The van der Waals surface area contributed by atoms with Crippen molar-refractivity contribution in [2.75, 3.05) is 7.11 Å². The van der Waals surface area contributed by atoms with Crippen LogP contribution in [0.1, 0.15) is 25.3 Å². The van der Waals surface area contributed by atoms with Gasteiger partial charge in [-0.1, -0.05) is 30.1 Å². The molecule has 1 unspecified atom stereocenters. The summed E-state index contributed by atoms with van der Waals surface area (Å²) in [6.07, 6.45) is 1.16. The molecule has 0 heterocycles. The standard InChI is InChI=1S/C19H21Cl2NO3S/c1-12(26-16-6-4-15(23)5-7-16)3-8-18(24)22-11-13-9-14(20)10-17(21)19(13)25-2/h4-7,9-10,12,23H,3,8,11H2,1-2H3,(H,22,24). The van der Waals surface area contributed by atoms with Crippen molar-refractivity contribution in [2.24, 2.45) is 0 Å². The Morgan fingerprint density at radius 2 is 1.96 bits per heavy atom. The number of phenols is 1. The fourth-order valence-corrected chi connectivity index (χ4v) is 4.01. The van der Waals surface area contributed by atoms with Gasteiger partial charge < -0.3 is 15.2 Å². The third-order valence-electron chi connectivity index (χ3n) is 3.72. The molecule has 0 spiro atoms. The minimum Gasteiger partial charge on any atom is -0.508 e. The van der Waals surface area contributed by atoms with Crippen LogP contribution in [-0.2, 0) is 11.3 Å². The number of nitrogens with one attached hydrogen (secondary N) is 1. The van der Waals surface area contributed by atoms with Gasteiger partial charge in [-0.25, -0.2) is 0 Å². The molecule has 0 aliphatic heterocycles. The number of phenolic OH excluding ortho intramolecular Hbond substituents is 1. The van der Waals surface area contributed by atoms with E-state index in [2.05, 4.69) is 12.2 Å². The maximum absolute atomic E-state index is 12.1. The van der Waals surface area contributed by atoms with E-state index in [9.17, 15) is 9.90 Å². The summed E-state index contributed by atoms with van der Waals surface area (Å²) in [5.41, 5.74) is 0.741. The van der Waals surface area contributed by atoms with E-state index >= 15 is 0 Å². The van der Waals surface area contributed by atoms with Gasteiger partial charge in [-0.15, -0.1) is 11.8 Å². The molecule has 7 heteroatoms. The van der Waals surface area contributed by atoms with E-state index in [-0.39, 0.29) is 16.9 Å². The quantitative estimate of drug-likeness (QED) is 0.577. The van der Waals surface area contributed by atoms with E-state index in [4.69, 9.17) is 27.9 Å². The molecule has 0 bridgehead atoms. The van der Waals surface area contributed by atoms with Crippen molar-refractivity contribution in [1.29, 1.82) is 0 Å². The largest absolute Gasteiger partial charge is 0.508 e.